The van der Waals surface area contributed by atoms with E-state index in [2.05, 4.69) is 18.2 Å². The zero-order valence-electron chi connectivity index (χ0n) is 10.8. The second kappa shape index (κ2) is 3.50. The highest BCUT2D eigenvalue weighted by Crippen LogP contribution is 2.42. The smallest absolute Gasteiger partial charge is 0.226 e. The van der Waals surface area contributed by atoms with Crippen LogP contribution < -0.4 is 4.74 Å². The Morgan fingerprint density at radius 3 is 2.95 bits per heavy atom. The first-order chi connectivity index (χ1) is 9.17. The minimum atomic E-state index is -0.452. The number of carbonyl (C=O) groups is 1. The van der Waals surface area contributed by atoms with Gasteiger partial charge in [0.05, 0.1) is 6.54 Å². The van der Waals surface area contributed by atoms with Crippen molar-refractivity contribution in [2.24, 2.45) is 0 Å². The molecule has 2 heterocycles. The molecule has 2 aromatic rings. The molecule has 4 rings (SSSR count). The van der Waals surface area contributed by atoms with Crippen LogP contribution in [0.5, 0.6) is 5.75 Å². The number of amides is 1. The molecule has 96 valence electrons. The van der Waals surface area contributed by atoms with E-state index in [4.69, 9.17) is 4.74 Å². The van der Waals surface area contributed by atoms with Gasteiger partial charge in [-0.1, -0.05) is 30.3 Å². The van der Waals surface area contributed by atoms with E-state index in [0.29, 0.717) is 13.0 Å². The molecule has 3 heteroatoms. The molecule has 1 amide bonds. The molecule has 0 bridgehead atoms. The van der Waals surface area contributed by atoms with Crippen LogP contribution in [0.2, 0.25) is 0 Å². The molecule has 0 aliphatic carbocycles. The van der Waals surface area contributed by atoms with E-state index in [1.165, 1.54) is 10.8 Å². The molecule has 2 aromatic carbocycles. The molecule has 2 aliphatic rings. The lowest BCUT2D eigenvalue weighted by atomic mass is 10.0. The van der Waals surface area contributed by atoms with Gasteiger partial charge in [0.25, 0.3) is 0 Å². The maximum atomic E-state index is 12.0. The number of nitrogens with zero attached hydrogens (tertiary/aromatic N) is 1. The molecule has 2 aliphatic heterocycles. The monoisotopic (exact) mass is 253 g/mol. The first-order valence-electron chi connectivity index (χ1n) is 6.67. The van der Waals surface area contributed by atoms with Gasteiger partial charge in [-0.05, 0) is 23.8 Å². The third kappa shape index (κ3) is 1.41. The fraction of sp³-hybridized carbons (Fsp3) is 0.312. The van der Waals surface area contributed by atoms with Crippen LogP contribution in [0.25, 0.3) is 10.8 Å². The Morgan fingerprint density at radius 2 is 2.05 bits per heavy atom. The number of hydrogen-bond donors (Lipinski definition) is 0. The standard InChI is InChI=1S/C16H15NO2/c1-16-9-8-15(18)17(16)10-13-12-5-3-2-4-11(12)6-7-14(13)19-16/h2-7H,8-10H2,1H3. The fourth-order valence-electron chi connectivity index (χ4n) is 3.20. The summed E-state index contributed by atoms with van der Waals surface area (Å²) in [5, 5.41) is 2.38. The molecule has 0 spiro atoms. The summed E-state index contributed by atoms with van der Waals surface area (Å²) in [6.45, 7) is 2.67. The number of ether oxygens (including phenoxy) is 1. The van der Waals surface area contributed by atoms with E-state index in [-0.39, 0.29) is 5.91 Å². The van der Waals surface area contributed by atoms with Crippen LogP contribution in [0.1, 0.15) is 25.3 Å². The molecule has 1 saturated heterocycles. The van der Waals surface area contributed by atoms with Crippen LogP contribution in [-0.4, -0.2) is 16.5 Å². The lowest BCUT2D eigenvalue weighted by Crippen LogP contribution is -2.50. The summed E-state index contributed by atoms with van der Waals surface area (Å²) in [5.41, 5.74) is 0.679. The topological polar surface area (TPSA) is 29.5 Å². The van der Waals surface area contributed by atoms with Crippen molar-refractivity contribution in [2.45, 2.75) is 32.0 Å². The van der Waals surface area contributed by atoms with Crippen LogP contribution in [0, 0.1) is 0 Å². The minimum absolute atomic E-state index is 0.195. The van der Waals surface area contributed by atoms with Gasteiger partial charge in [0.1, 0.15) is 5.75 Å². The first-order valence-corrected chi connectivity index (χ1v) is 6.67. The van der Waals surface area contributed by atoms with Gasteiger partial charge in [0.15, 0.2) is 5.72 Å². The van der Waals surface area contributed by atoms with Crippen molar-refractivity contribution in [3.05, 3.63) is 42.0 Å². The molecule has 1 fully saturated rings. The molecule has 3 nitrogen and oxygen atoms in total. The number of benzene rings is 2. The highest BCUT2D eigenvalue weighted by Gasteiger charge is 2.46. The van der Waals surface area contributed by atoms with Crippen LogP contribution in [0.4, 0.5) is 0 Å². The third-order valence-corrected chi connectivity index (χ3v) is 4.32. The summed E-state index contributed by atoms with van der Waals surface area (Å²) in [5.74, 6) is 1.12. The van der Waals surface area contributed by atoms with Crippen LogP contribution in [0.15, 0.2) is 36.4 Å². The van der Waals surface area contributed by atoms with E-state index in [1.807, 2.05) is 30.0 Å². The van der Waals surface area contributed by atoms with E-state index < -0.39 is 5.72 Å². The average Bonchev–Trinajstić information content (AvgIpc) is 2.72. The number of hydrogen-bond acceptors (Lipinski definition) is 2. The summed E-state index contributed by atoms with van der Waals surface area (Å²) in [6.07, 6.45) is 1.36. The normalized spacial score (nSPS) is 25.1. The zero-order valence-corrected chi connectivity index (χ0v) is 10.8. The van der Waals surface area contributed by atoms with Crippen LogP contribution in [-0.2, 0) is 11.3 Å². The Morgan fingerprint density at radius 1 is 1.21 bits per heavy atom. The highest BCUT2D eigenvalue weighted by molar-refractivity contribution is 5.89. The van der Waals surface area contributed by atoms with Gasteiger partial charge in [0, 0.05) is 18.4 Å². The van der Waals surface area contributed by atoms with Crippen molar-refractivity contribution in [2.75, 3.05) is 0 Å². The van der Waals surface area contributed by atoms with Crippen molar-refractivity contribution in [1.29, 1.82) is 0 Å². The summed E-state index contributed by atoms with van der Waals surface area (Å²) >= 11 is 0. The van der Waals surface area contributed by atoms with E-state index in [1.54, 1.807) is 0 Å². The molecule has 0 saturated carbocycles. The lowest BCUT2D eigenvalue weighted by Gasteiger charge is -2.40. The quantitative estimate of drug-likeness (QED) is 0.722. The fourth-order valence-corrected chi connectivity index (χ4v) is 3.20. The Kier molecular flexibility index (Phi) is 2.00. The summed E-state index contributed by atoms with van der Waals surface area (Å²) in [6, 6.07) is 12.4. The van der Waals surface area contributed by atoms with Crippen molar-refractivity contribution in [3.8, 4) is 5.75 Å². The van der Waals surface area contributed by atoms with E-state index >= 15 is 0 Å². The number of fused-ring (bicyclic) bond motifs is 4. The minimum Gasteiger partial charge on any atom is -0.468 e. The maximum absolute atomic E-state index is 12.0. The Balaban J connectivity index is 1.93. The number of carbonyl (C=O) groups excluding carboxylic acids is 1. The predicted octanol–water partition coefficient (Wildman–Crippen LogP) is 3.07. The van der Waals surface area contributed by atoms with Crippen LogP contribution in [0.3, 0.4) is 0 Å². The lowest BCUT2D eigenvalue weighted by molar-refractivity contribution is -0.143. The van der Waals surface area contributed by atoms with Gasteiger partial charge in [-0.3, -0.25) is 4.79 Å². The third-order valence-electron chi connectivity index (χ3n) is 4.32. The second-order valence-corrected chi connectivity index (χ2v) is 5.52. The molecule has 19 heavy (non-hydrogen) atoms. The van der Waals surface area contributed by atoms with Crippen molar-refractivity contribution >= 4 is 16.7 Å². The highest BCUT2D eigenvalue weighted by atomic mass is 16.5. The van der Waals surface area contributed by atoms with Crippen LogP contribution >= 0.6 is 0 Å². The first kappa shape index (κ1) is 10.9. The largest absolute Gasteiger partial charge is 0.468 e. The van der Waals surface area contributed by atoms with Gasteiger partial charge < -0.3 is 9.64 Å². The Bertz CT molecular complexity index is 694. The Labute approximate surface area is 111 Å². The molecule has 0 radical (unpaired) electrons. The molecular weight excluding hydrogens is 238 g/mol. The van der Waals surface area contributed by atoms with Gasteiger partial charge in [-0.25, -0.2) is 0 Å². The molecule has 0 N–H and O–H groups in total. The summed E-state index contributed by atoms with van der Waals surface area (Å²) < 4.78 is 6.13. The van der Waals surface area contributed by atoms with Crippen molar-refractivity contribution < 1.29 is 9.53 Å². The molecule has 1 atom stereocenters. The van der Waals surface area contributed by atoms with Gasteiger partial charge in [-0.2, -0.15) is 0 Å². The van der Waals surface area contributed by atoms with E-state index in [9.17, 15) is 4.79 Å². The molecule has 0 aromatic heterocycles. The van der Waals surface area contributed by atoms with Gasteiger partial charge in [-0.15, -0.1) is 0 Å². The Hall–Kier alpha value is -2.03. The van der Waals surface area contributed by atoms with Crippen molar-refractivity contribution in [3.63, 3.8) is 0 Å². The molecule has 1 unspecified atom stereocenters. The van der Waals surface area contributed by atoms with Gasteiger partial charge >= 0.3 is 0 Å². The molecular formula is C16H15NO2. The van der Waals surface area contributed by atoms with Crippen molar-refractivity contribution in [1.82, 2.24) is 4.90 Å². The average molecular weight is 253 g/mol. The zero-order chi connectivity index (χ0) is 13.0. The second-order valence-electron chi connectivity index (χ2n) is 5.52. The van der Waals surface area contributed by atoms with E-state index in [0.717, 1.165) is 17.7 Å². The number of rotatable bonds is 0. The maximum Gasteiger partial charge on any atom is 0.226 e. The summed E-state index contributed by atoms with van der Waals surface area (Å²) in [7, 11) is 0. The summed E-state index contributed by atoms with van der Waals surface area (Å²) in [4.78, 5) is 13.9. The van der Waals surface area contributed by atoms with Gasteiger partial charge in [0.2, 0.25) is 5.91 Å². The predicted molar refractivity (Wildman–Crippen MR) is 72.8 cm³/mol. The SMILES string of the molecule is CC12CCC(=O)N1Cc1c(ccc3ccccc13)O2.